The third-order valence-electron chi connectivity index (χ3n) is 5.16. The van der Waals surface area contributed by atoms with Gasteiger partial charge in [-0.3, -0.25) is 14.4 Å². The Labute approximate surface area is 188 Å². The molecule has 164 valence electrons. The molecule has 3 aromatic carbocycles. The van der Waals surface area contributed by atoms with E-state index in [1.165, 1.54) is 4.90 Å². The molecule has 0 fully saturated rings. The van der Waals surface area contributed by atoms with Crippen molar-refractivity contribution >= 4 is 29.1 Å². The second-order valence-electron chi connectivity index (χ2n) is 7.85. The Hall–Kier alpha value is -3.93. The van der Waals surface area contributed by atoms with Gasteiger partial charge in [0.15, 0.2) is 0 Å². The highest BCUT2D eigenvalue weighted by atomic mass is 16.2. The van der Waals surface area contributed by atoms with E-state index in [0.717, 1.165) is 22.4 Å². The van der Waals surface area contributed by atoms with Crippen LogP contribution in [0.3, 0.4) is 0 Å². The Kier molecular flexibility index (Phi) is 7.05. The molecule has 3 rings (SSSR count). The second kappa shape index (κ2) is 9.92. The van der Waals surface area contributed by atoms with Crippen LogP contribution in [0.1, 0.15) is 37.4 Å². The standard InChI is InChI=1S/C26H27N3O3/c1-17-9-7-12-20(15-17)25(31)27-22-14-6-5-13-21(22)26(32)29(4)16-23(30)28-24-18(2)10-8-11-19(24)3/h5-15H,16H2,1-4H3,(H,27,31)(H,28,30). The summed E-state index contributed by atoms with van der Waals surface area (Å²) in [6.07, 6.45) is 0. The molecule has 0 aliphatic carbocycles. The number of likely N-dealkylation sites (N-methyl/N-ethyl adjacent to an activating group) is 1. The summed E-state index contributed by atoms with van der Waals surface area (Å²) in [7, 11) is 1.56. The van der Waals surface area contributed by atoms with E-state index in [0.29, 0.717) is 16.8 Å². The number of carbonyl (C=O) groups excluding carboxylic acids is 3. The van der Waals surface area contributed by atoms with Crippen molar-refractivity contribution in [3.05, 3.63) is 94.5 Å². The molecule has 6 heteroatoms. The Morgan fingerprint density at radius 1 is 0.812 bits per heavy atom. The molecule has 0 aliphatic heterocycles. The van der Waals surface area contributed by atoms with Crippen LogP contribution in [0.5, 0.6) is 0 Å². The molecule has 6 nitrogen and oxygen atoms in total. The third kappa shape index (κ3) is 5.40. The maximum Gasteiger partial charge on any atom is 0.256 e. The SMILES string of the molecule is Cc1cccc(C(=O)Nc2ccccc2C(=O)N(C)CC(=O)Nc2c(C)cccc2C)c1. The molecule has 0 radical (unpaired) electrons. The van der Waals surface area contributed by atoms with E-state index in [2.05, 4.69) is 10.6 Å². The van der Waals surface area contributed by atoms with Crippen LogP contribution in [0.2, 0.25) is 0 Å². The van der Waals surface area contributed by atoms with Gasteiger partial charge in [0.25, 0.3) is 11.8 Å². The van der Waals surface area contributed by atoms with E-state index in [1.54, 1.807) is 43.4 Å². The zero-order valence-electron chi connectivity index (χ0n) is 18.7. The van der Waals surface area contributed by atoms with Gasteiger partial charge in [-0.05, 0) is 56.2 Å². The molecule has 3 aromatic rings. The Balaban J connectivity index is 1.72. The van der Waals surface area contributed by atoms with Crippen LogP contribution in [0.4, 0.5) is 11.4 Å². The third-order valence-corrected chi connectivity index (χ3v) is 5.16. The minimum absolute atomic E-state index is 0.118. The van der Waals surface area contributed by atoms with Crippen molar-refractivity contribution in [3.63, 3.8) is 0 Å². The fraction of sp³-hybridized carbons (Fsp3) is 0.192. The largest absolute Gasteiger partial charge is 0.332 e. The molecule has 0 bridgehead atoms. The number of nitrogens with zero attached hydrogens (tertiary/aromatic N) is 1. The number of nitrogens with one attached hydrogen (secondary N) is 2. The monoisotopic (exact) mass is 429 g/mol. The molecule has 0 aliphatic rings. The second-order valence-corrected chi connectivity index (χ2v) is 7.85. The van der Waals surface area contributed by atoms with Gasteiger partial charge in [-0.25, -0.2) is 0 Å². The highest BCUT2D eigenvalue weighted by Gasteiger charge is 2.20. The molecule has 0 saturated heterocycles. The first kappa shape index (κ1) is 22.7. The number of hydrogen-bond acceptors (Lipinski definition) is 3. The van der Waals surface area contributed by atoms with Crippen LogP contribution in [0.15, 0.2) is 66.7 Å². The van der Waals surface area contributed by atoms with Crippen LogP contribution in [-0.2, 0) is 4.79 Å². The van der Waals surface area contributed by atoms with E-state index in [9.17, 15) is 14.4 Å². The molecule has 3 amide bonds. The van der Waals surface area contributed by atoms with Gasteiger partial charge < -0.3 is 15.5 Å². The number of amides is 3. The Morgan fingerprint density at radius 2 is 1.47 bits per heavy atom. The number of para-hydroxylation sites is 2. The van der Waals surface area contributed by atoms with Crippen LogP contribution in [-0.4, -0.2) is 36.2 Å². The van der Waals surface area contributed by atoms with Gasteiger partial charge >= 0.3 is 0 Å². The predicted octanol–water partition coefficient (Wildman–Crippen LogP) is 4.57. The van der Waals surface area contributed by atoms with Crippen LogP contribution < -0.4 is 10.6 Å². The summed E-state index contributed by atoms with van der Waals surface area (Å²) in [6.45, 7) is 5.63. The molecule has 32 heavy (non-hydrogen) atoms. The number of rotatable bonds is 6. The van der Waals surface area contributed by atoms with Crippen molar-refractivity contribution in [2.75, 3.05) is 24.2 Å². The summed E-state index contributed by atoms with van der Waals surface area (Å²) in [5.41, 5.74) is 4.85. The van der Waals surface area contributed by atoms with Crippen molar-refractivity contribution in [1.29, 1.82) is 0 Å². The van der Waals surface area contributed by atoms with Gasteiger partial charge in [0.05, 0.1) is 17.8 Å². The highest BCUT2D eigenvalue weighted by molar-refractivity contribution is 6.09. The van der Waals surface area contributed by atoms with Gasteiger partial charge in [0.2, 0.25) is 5.91 Å². The summed E-state index contributed by atoms with van der Waals surface area (Å²) >= 11 is 0. The summed E-state index contributed by atoms with van der Waals surface area (Å²) in [4.78, 5) is 39.6. The molecular formula is C26H27N3O3. The summed E-state index contributed by atoms with van der Waals surface area (Å²) in [5, 5.41) is 5.70. The number of benzene rings is 3. The van der Waals surface area contributed by atoms with Crippen molar-refractivity contribution < 1.29 is 14.4 Å². The maximum absolute atomic E-state index is 13.1. The molecule has 0 heterocycles. The lowest BCUT2D eigenvalue weighted by atomic mass is 10.1. The number of aryl methyl sites for hydroxylation is 3. The van der Waals surface area contributed by atoms with Crippen molar-refractivity contribution in [2.45, 2.75) is 20.8 Å². The topological polar surface area (TPSA) is 78.5 Å². The van der Waals surface area contributed by atoms with Gasteiger partial charge in [-0.2, -0.15) is 0 Å². The average molecular weight is 430 g/mol. The molecule has 0 spiro atoms. The summed E-state index contributed by atoms with van der Waals surface area (Å²) in [6, 6.07) is 19.8. The molecule has 0 atom stereocenters. The lowest BCUT2D eigenvalue weighted by Crippen LogP contribution is -2.35. The Bertz CT molecular complexity index is 1150. The number of carbonyl (C=O) groups is 3. The fourth-order valence-electron chi connectivity index (χ4n) is 3.44. The van der Waals surface area contributed by atoms with Crippen LogP contribution in [0.25, 0.3) is 0 Å². The minimum atomic E-state index is -0.359. The number of hydrogen-bond donors (Lipinski definition) is 2. The minimum Gasteiger partial charge on any atom is -0.332 e. The molecule has 0 aromatic heterocycles. The first-order chi connectivity index (χ1) is 15.3. The molecular weight excluding hydrogens is 402 g/mol. The van der Waals surface area contributed by atoms with Crippen LogP contribution in [0, 0.1) is 20.8 Å². The van der Waals surface area contributed by atoms with E-state index < -0.39 is 0 Å². The average Bonchev–Trinajstić information content (AvgIpc) is 2.76. The summed E-state index contributed by atoms with van der Waals surface area (Å²) in [5.74, 6) is -0.953. The first-order valence-corrected chi connectivity index (χ1v) is 10.3. The van der Waals surface area contributed by atoms with E-state index in [-0.39, 0.29) is 24.3 Å². The lowest BCUT2D eigenvalue weighted by Gasteiger charge is -2.20. The van der Waals surface area contributed by atoms with Crippen molar-refractivity contribution in [2.24, 2.45) is 0 Å². The first-order valence-electron chi connectivity index (χ1n) is 10.3. The molecule has 0 saturated carbocycles. The van der Waals surface area contributed by atoms with Gasteiger partial charge in [-0.1, -0.05) is 48.0 Å². The van der Waals surface area contributed by atoms with Gasteiger partial charge in [0.1, 0.15) is 0 Å². The normalized spacial score (nSPS) is 10.4. The quantitative estimate of drug-likeness (QED) is 0.602. The van der Waals surface area contributed by atoms with E-state index in [1.807, 2.05) is 51.1 Å². The smallest absolute Gasteiger partial charge is 0.256 e. The van der Waals surface area contributed by atoms with Gasteiger partial charge in [0, 0.05) is 18.3 Å². The zero-order valence-corrected chi connectivity index (χ0v) is 18.7. The maximum atomic E-state index is 13.1. The molecule has 0 unspecified atom stereocenters. The Morgan fingerprint density at radius 3 is 2.16 bits per heavy atom. The summed E-state index contributed by atoms with van der Waals surface area (Å²) < 4.78 is 0. The van der Waals surface area contributed by atoms with E-state index >= 15 is 0 Å². The van der Waals surface area contributed by atoms with Crippen LogP contribution >= 0.6 is 0 Å². The fourth-order valence-corrected chi connectivity index (χ4v) is 3.44. The highest BCUT2D eigenvalue weighted by Crippen LogP contribution is 2.20. The van der Waals surface area contributed by atoms with Crippen molar-refractivity contribution in [3.8, 4) is 0 Å². The predicted molar refractivity (Wildman–Crippen MR) is 127 cm³/mol. The number of anilines is 2. The van der Waals surface area contributed by atoms with Crippen molar-refractivity contribution in [1.82, 2.24) is 4.90 Å². The zero-order chi connectivity index (χ0) is 23.3. The molecule has 2 N–H and O–H groups in total. The van der Waals surface area contributed by atoms with Gasteiger partial charge in [-0.15, -0.1) is 0 Å². The lowest BCUT2D eigenvalue weighted by molar-refractivity contribution is -0.116. The van der Waals surface area contributed by atoms with E-state index in [4.69, 9.17) is 0 Å².